The number of hydrogen-bond acceptors (Lipinski definition) is 2. The molecule has 0 atom stereocenters. The molecule has 0 fully saturated rings. The Bertz CT molecular complexity index is 379. The van der Waals surface area contributed by atoms with Gasteiger partial charge < -0.3 is 5.73 Å². The molecule has 0 unspecified atom stereocenters. The molecule has 0 aliphatic rings. The number of Topliss-reactive ketones (excluding diaryl/α,β-unsaturated/α-hetero) is 1. The smallest absolute Gasteiger partial charge is 0.162 e. The molecule has 2 N–H and O–H groups in total. The van der Waals surface area contributed by atoms with Crippen LogP contribution >= 0.6 is 0 Å². The van der Waals surface area contributed by atoms with Crippen molar-refractivity contribution in [3.63, 3.8) is 0 Å². The fraction of sp³-hybridized carbons (Fsp3) is 0.609. The van der Waals surface area contributed by atoms with Gasteiger partial charge in [0.05, 0.1) is 0 Å². The second kappa shape index (κ2) is 27.3. The topological polar surface area (TPSA) is 43.1 Å². The lowest BCUT2D eigenvalue weighted by Gasteiger charge is -2.03. The monoisotopic (exact) mass is 351 g/mol. The highest BCUT2D eigenvalue weighted by atomic mass is 16.1. The van der Waals surface area contributed by atoms with Gasteiger partial charge >= 0.3 is 0 Å². The molecule has 0 radical (unpaired) electrons. The molecule has 1 aromatic rings. The number of aryl methyl sites for hydroxylation is 1. The molecule has 0 spiro atoms. The molecular weight excluding hydrogens is 306 g/mol. The number of hydrogen-bond donors (Lipinski definition) is 1. The van der Waals surface area contributed by atoms with Crippen LogP contribution in [0, 0.1) is 5.92 Å². The Kier molecular flexibility index (Phi) is 34.1. The normalized spacial score (nSPS) is 8.08. The molecule has 148 valence electrons. The number of nitrogens with two attached hydrogens (primary N) is 1. The highest BCUT2D eigenvalue weighted by Gasteiger charge is 2.05. The summed E-state index contributed by atoms with van der Waals surface area (Å²) in [6, 6.07) is 7.82. The van der Waals surface area contributed by atoms with Gasteiger partial charge in [-0.05, 0) is 24.1 Å². The van der Waals surface area contributed by atoms with E-state index in [9.17, 15) is 4.79 Å². The number of carbonyl (C=O) groups excluding carboxylic acids is 1. The maximum absolute atomic E-state index is 11.4. The van der Waals surface area contributed by atoms with Crippen molar-refractivity contribution in [3.05, 3.63) is 48.2 Å². The van der Waals surface area contributed by atoms with Crippen LogP contribution in [0.3, 0.4) is 0 Å². The van der Waals surface area contributed by atoms with Crippen molar-refractivity contribution in [3.8, 4) is 0 Å². The van der Waals surface area contributed by atoms with E-state index in [-0.39, 0.29) is 5.78 Å². The molecule has 0 aliphatic heterocycles. The van der Waals surface area contributed by atoms with E-state index in [0.29, 0.717) is 6.42 Å². The molecular formula is C23H45NO. The van der Waals surface area contributed by atoms with Gasteiger partial charge in [0, 0.05) is 12.0 Å². The zero-order valence-corrected chi connectivity index (χ0v) is 18.5. The van der Waals surface area contributed by atoms with Crippen molar-refractivity contribution in [2.24, 2.45) is 11.7 Å². The fourth-order valence-electron chi connectivity index (χ4n) is 1.29. The lowest BCUT2D eigenvalue weighted by Crippen LogP contribution is -2.00. The highest BCUT2D eigenvalue weighted by molar-refractivity contribution is 5.97. The quantitative estimate of drug-likeness (QED) is 0.573. The molecule has 0 saturated carbocycles. The Labute approximate surface area is 158 Å². The SMILES string of the molecule is C=CN.CC.CC(C)C.CCC(=O)c1ccccc1CC.CCCC. The maximum Gasteiger partial charge on any atom is 0.162 e. The molecule has 1 rings (SSSR count). The Hall–Kier alpha value is -1.57. The van der Waals surface area contributed by atoms with E-state index < -0.39 is 0 Å². The predicted molar refractivity (Wildman–Crippen MR) is 117 cm³/mol. The summed E-state index contributed by atoms with van der Waals surface area (Å²) >= 11 is 0. The minimum absolute atomic E-state index is 0.243. The fourth-order valence-corrected chi connectivity index (χ4v) is 1.29. The molecule has 1 aromatic carbocycles. The van der Waals surface area contributed by atoms with Gasteiger partial charge in [-0.15, -0.1) is 0 Å². The molecule has 0 aliphatic carbocycles. The molecule has 0 bridgehead atoms. The largest absolute Gasteiger partial charge is 0.405 e. The van der Waals surface area contributed by atoms with Gasteiger partial charge in [-0.25, -0.2) is 0 Å². The summed E-state index contributed by atoms with van der Waals surface area (Å²) < 4.78 is 0. The third-order valence-corrected chi connectivity index (χ3v) is 2.52. The van der Waals surface area contributed by atoms with Crippen LogP contribution in [-0.2, 0) is 6.42 Å². The summed E-state index contributed by atoms with van der Waals surface area (Å²) in [5.41, 5.74) is 6.66. The molecule has 0 aromatic heterocycles. The van der Waals surface area contributed by atoms with Crippen LogP contribution in [0.5, 0.6) is 0 Å². The van der Waals surface area contributed by atoms with Crippen LogP contribution in [0.1, 0.15) is 97.5 Å². The number of rotatable bonds is 4. The van der Waals surface area contributed by atoms with Crippen molar-refractivity contribution in [2.45, 2.75) is 88.0 Å². The second-order valence-electron chi connectivity index (χ2n) is 5.76. The first-order valence-corrected chi connectivity index (χ1v) is 9.79. The van der Waals surface area contributed by atoms with E-state index in [0.717, 1.165) is 23.5 Å². The molecule has 0 saturated heterocycles. The average molecular weight is 352 g/mol. The van der Waals surface area contributed by atoms with Gasteiger partial charge in [0.15, 0.2) is 5.78 Å². The van der Waals surface area contributed by atoms with Gasteiger partial charge in [-0.1, -0.05) is 106 Å². The van der Waals surface area contributed by atoms with E-state index >= 15 is 0 Å². The average Bonchev–Trinajstić information content (AvgIpc) is 2.63. The Morgan fingerprint density at radius 3 is 1.68 bits per heavy atom. The Balaban J connectivity index is -0.000000141. The lowest BCUT2D eigenvalue weighted by molar-refractivity contribution is 0.0987. The maximum atomic E-state index is 11.4. The molecule has 0 amide bonds. The van der Waals surface area contributed by atoms with E-state index in [2.05, 4.69) is 53.9 Å². The van der Waals surface area contributed by atoms with Crippen LogP contribution in [0.2, 0.25) is 0 Å². The highest BCUT2D eigenvalue weighted by Crippen LogP contribution is 2.11. The van der Waals surface area contributed by atoms with E-state index in [4.69, 9.17) is 0 Å². The first kappa shape index (κ1) is 31.2. The molecule has 25 heavy (non-hydrogen) atoms. The molecule has 2 heteroatoms. The van der Waals surface area contributed by atoms with Crippen LogP contribution in [0.25, 0.3) is 0 Å². The van der Waals surface area contributed by atoms with Crippen LogP contribution in [0.15, 0.2) is 37.0 Å². The van der Waals surface area contributed by atoms with Gasteiger partial charge in [-0.3, -0.25) is 4.79 Å². The summed E-state index contributed by atoms with van der Waals surface area (Å²) in [5.74, 6) is 1.08. The third kappa shape index (κ3) is 27.6. The standard InChI is InChI=1S/C11H14O.2C4H10.C2H5N.C2H6/c1-3-9-7-5-6-8-10(9)11(12)4-2;1-4(2)3;1-3-4-2;1-2-3;1-2/h5-8H,3-4H2,1-2H3;4H,1-3H3;3-4H2,1-2H3;2H,1,3H2;1-2H3. The van der Waals surface area contributed by atoms with Crippen molar-refractivity contribution in [1.29, 1.82) is 0 Å². The summed E-state index contributed by atoms with van der Waals surface area (Å²) in [5, 5.41) is 0. The second-order valence-corrected chi connectivity index (χ2v) is 5.76. The van der Waals surface area contributed by atoms with Gasteiger partial charge in [0.1, 0.15) is 0 Å². The van der Waals surface area contributed by atoms with Crippen molar-refractivity contribution >= 4 is 5.78 Å². The van der Waals surface area contributed by atoms with E-state index in [1.54, 1.807) is 0 Å². The zero-order valence-electron chi connectivity index (χ0n) is 18.5. The van der Waals surface area contributed by atoms with Gasteiger partial charge in [0.2, 0.25) is 0 Å². The van der Waals surface area contributed by atoms with Crippen LogP contribution in [0.4, 0.5) is 0 Å². The number of benzene rings is 1. The number of unbranched alkanes of at least 4 members (excludes halogenated alkanes) is 1. The van der Waals surface area contributed by atoms with Crippen molar-refractivity contribution in [1.82, 2.24) is 0 Å². The van der Waals surface area contributed by atoms with Gasteiger partial charge in [-0.2, -0.15) is 0 Å². The summed E-state index contributed by atoms with van der Waals surface area (Å²) in [7, 11) is 0. The molecule has 2 nitrogen and oxygen atoms in total. The first-order valence-electron chi connectivity index (χ1n) is 9.79. The Morgan fingerprint density at radius 2 is 1.40 bits per heavy atom. The van der Waals surface area contributed by atoms with E-state index in [1.807, 2.05) is 45.0 Å². The minimum Gasteiger partial charge on any atom is -0.405 e. The number of ketones is 1. The van der Waals surface area contributed by atoms with E-state index in [1.165, 1.54) is 19.0 Å². The van der Waals surface area contributed by atoms with Gasteiger partial charge in [0.25, 0.3) is 0 Å². The summed E-state index contributed by atoms with van der Waals surface area (Å²) in [6.45, 7) is 22.0. The lowest BCUT2D eigenvalue weighted by atomic mass is 10.0. The Morgan fingerprint density at radius 1 is 1.04 bits per heavy atom. The summed E-state index contributed by atoms with van der Waals surface area (Å²) in [4.78, 5) is 11.4. The minimum atomic E-state index is 0.243. The summed E-state index contributed by atoms with van der Waals surface area (Å²) in [6.07, 6.45) is 5.42. The van der Waals surface area contributed by atoms with Crippen molar-refractivity contribution in [2.75, 3.05) is 0 Å². The van der Waals surface area contributed by atoms with Crippen LogP contribution in [-0.4, -0.2) is 5.78 Å². The third-order valence-electron chi connectivity index (χ3n) is 2.52. The zero-order chi connectivity index (χ0) is 20.7. The number of carbonyl (C=O) groups is 1. The van der Waals surface area contributed by atoms with Crippen molar-refractivity contribution < 1.29 is 4.79 Å². The molecule has 0 heterocycles. The van der Waals surface area contributed by atoms with Crippen LogP contribution < -0.4 is 5.73 Å². The first-order chi connectivity index (χ1) is 11.9. The predicted octanol–water partition coefficient (Wildman–Crippen LogP) is 7.43.